The zero-order chi connectivity index (χ0) is 21.4. The smallest absolute Gasteiger partial charge is 0.289 e. The number of piperidine rings is 1. The van der Waals surface area contributed by atoms with Gasteiger partial charge in [0.15, 0.2) is 17.1 Å². The molecule has 3 heterocycles. The fraction of sp³-hybridized carbons (Fsp3) is 0.261. The number of likely N-dealkylation sites (tertiary alicyclic amines) is 1. The van der Waals surface area contributed by atoms with Gasteiger partial charge in [0.05, 0.1) is 7.11 Å². The molecule has 1 saturated heterocycles. The van der Waals surface area contributed by atoms with Crippen LogP contribution in [0.3, 0.4) is 0 Å². The molecule has 0 saturated carbocycles. The summed E-state index contributed by atoms with van der Waals surface area (Å²) in [6.45, 7) is 1.12. The van der Waals surface area contributed by atoms with Crippen LogP contribution >= 0.6 is 0 Å². The molecule has 1 aliphatic heterocycles. The predicted octanol–water partition coefficient (Wildman–Crippen LogP) is 4.65. The second-order valence-electron chi connectivity index (χ2n) is 7.51. The number of methoxy groups -OCH3 is 1. The number of para-hydroxylation sites is 1. The molecule has 0 bridgehead atoms. The Morgan fingerprint density at radius 2 is 1.87 bits per heavy atom. The Morgan fingerprint density at radius 1 is 1.10 bits per heavy atom. The highest BCUT2D eigenvalue weighted by atomic mass is 19.1. The number of benzene rings is 2. The number of carbonyl (C=O) groups is 1. The zero-order valence-electron chi connectivity index (χ0n) is 16.9. The van der Waals surface area contributed by atoms with E-state index in [9.17, 15) is 9.18 Å². The molecule has 158 valence electrons. The molecule has 1 fully saturated rings. The topological polar surface area (TPSA) is 81.6 Å². The lowest BCUT2D eigenvalue weighted by atomic mass is 9.96. The number of ether oxygens (including phenoxy) is 1. The Kier molecular flexibility index (Phi) is 4.89. The van der Waals surface area contributed by atoms with Crippen LogP contribution in [0.4, 0.5) is 4.39 Å². The monoisotopic (exact) mass is 421 g/mol. The van der Waals surface area contributed by atoms with Crippen LogP contribution in [0.1, 0.15) is 35.2 Å². The van der Waals surface area contributed by atoms with Gasteiger partial charge in [-0.3, -0.25) is 4.79 Å². The summed E-state index contributed by atoms with van der Waals surface area (Å²) < 4.78 is 30.0. The van der Waals surface area contributed by atoms with Crippen molar-refractivity contribution >= 4 is 16.9 Å². The highest BCUT2D eigenvalue weighted by molar-refractivity contribution is 5.97. The third kappa shape index (κ3) is 3.65. The van der Waals surface area contributed by atoms with Gasteiger partial charge in [0.25, 0.3) is 5.91 Å². The largest absolute Gasteiger partial charge is 0.493 e. The predicted molar refractivity (Wildman–Crippen MR) is 110 cm³/mol. The third-order valence-electron chi connectivity index (χ3n) is 5.60. The Morgan fingerprint density at radius 3 is 2.61 bits per heavy atom. The average Bonchev–Trinajstić information content (AvgIpc) is 3.47. The maximum Gasteiger partial charge on any atom is 0.289 e. The highest BCUT2D eigenvalue weighted by Crippen LogP contribution is 2.32. The average molecular weight is 421 g/mol. The van der Waals surface area contributed by atoms with E-state index in [0.29, 0.717) is 60.4 Å². The second-order valence-corrected chi connectivity index (χ2v) is 7.51. The molecule has 31 heavy (non-hydrogen) atoms. The Labute approximate surface area is 177 Å². The SMILES string of the molecule is COc1cccc2cc(C(=O)N3CCC(c4nnc(-c5ccc(F)cc5)o4)CC3)oc12. The fourth-order valence-corrected chi connectivity index (χ4v) is 3.90. The standard InChI is InChI=1S/C23H20FN3O4/c1-29-18-4-2-3-16-13-19(30-20(16)18)23(28)27-11-9-15(10-12-27)22-26-25-21(31-22)14-5-7-17(24)8-6-14/h2-8,13,15H,9-12H2,1H3. The minimum absolute atomic E-state index is 0.0708. The molecule has 8 heteroatoms. The number of aromatic nitrogens is 2. The van der Waals surface area contributed by atoms with Gasteiger partial charge in [-0.15, -0.1) is 10.2 Å². The van der Waals surface area contributed by atoms with E-state index in [1.54, 1.807) is 36.3 Å². The maximum absolute atomic E-state index is 13.1. The molecule has 0 N–H and O–H groups in total. The first-order valence-electron chi connectivity index (χ1n) is 10.1. The number of amides is 1. The molecule has 7 nitrogen and oxygen atoms in total. The van der Waals surface area contributed by atoms with Crippen LogP contribution in [0.25, 0.3) is 22.4 Å². The van der Waals surface area contributed by atoms with Gasteiger partial charge in [0.1, 0.15) is 5.82 Å². The molecule has 5 rings (SSSR count). The first kappa shape index (κ1) is 19.3. The van der Waals surface area contributed by atoms with Crippen LogP contribution in [0.5, 0.6) is 5.75 Å². The fourth-order valence-electron chi connectivity index (χ4n) is 3.90. The van der Waals surface area contributed by atoms with Crippen LogP contribution < -0.4 is 4.74 Å². The van der Waals surface area contributed by atoms with Gasteiger partial charge >= 0.3 is 0 Å². The summed E-state index contributed by atoms with van der Waals surface area (Å²) >= 11 is 0. The van der Waals surface area contributed by atoms with Crippen LogP contribution in [-0.2, 0) is 0 Å². The first-order chi connectivity index (χ1) is 15.1. The summed E-state index contributed by atoms with van der Waals surface area (Å²) in [6, 6.07) is 13.2. The highest BCUT2D eigenvalue weighted by Gasteiger charge is 2.29. The van der Waals surface area contributed by atoms with Gasteiger partial charge < -0.3 is 18.5 Å². The van der Waals surface area contributed by atoms with Gasteiger partial charge in [-0.2, -0.15) is 0 Å². The minimum atomic E-state index is -0.316. The van der Waals surface area contributed by atoms with Crippen LogP contribution in [-0.4, -0.2) is 41.2 Å². The van der Waals surface area contributed by atoms with Crippen molar-refractivity contribution in [3.05, 3.63) is 66.0 Å². The summed E-state index contributed by atoms with van der Waals surface area (Å²) in [5.74, 6) is 1.42. The Balaban J connectivity index is 1.26. The number of hydrogen-bond donors (Lipinski definition) is 0. The number of nitrogens with zero attached hydrogens (tertiary/aromatic N) is 3. The molecule has 2 aromatic heterocycles. The number of fused-ring (bicyclic) bond motifs is 1. The van der Waals surface area contributed by atoms with E-state index >= 15 is 0 Å². The van der Waals surface area contributed by atoms with E-state index in [-0.39, 0.29) is 17.6 Å². The van der Waals surface area contributed by atoms with Crippen LogP contribution in [0, 0.1) is 5.82 Å². The van der Waals surface area contributed by atoms with Gasteiger partial charge in [-0.05, 0) is 49.2 Å². The van der Waals surface area contributed by atoms with Crippen LogP contribution in [0.2, 0.25) is 0 Å². The van der Waals surface area contributed by atoms with Crippen molar-refractivity contribution < 1.29 is 22.8 Å². The van der Waals surface area contributed by atoms with E-state index in [2.05, 4.69) is 10.2 Å². The molecule has 0 unspecified atom stereocenters. The third-order valence-corrected chi connectivity index (χ3v) is 5.60. The summed E-state index contributed by atoms with van der Waals surface area (Å²) in [5, 5.41) is 9.09. The molecule has 0 aliphatic carbocycles. The molecule has 2 aromatic carbocycles. The maximum atomic E-state index is 13.1. The summed E-state index contributed by atoms with van der Waals surface area (Å²) in [5.41, 5.74) is 1.25. The van der Waals surface area contributed by atoms with Crippen molar-refractivity contribution in [1.29, 1.82) is 0 Å². The van der Waals surface area contributed by atoms with E-state index in [4.69, 9.17) is 13.6 Å². The Hall–Kier alpha value is -3.68. The van der Waals surface area contributed by atoms with Gasteiger partial charge in [0.2, 0.25) is 11.8 Å². The normalized spacial score (nSPS) is 14.8. The van der Waals surface area contributed by atoms with Crippen molar-refractivity contribution in [3.8, 4) is 17.2 Å². The Bertz CT molecular complexity index is 1220. The van der Waals surface area contributed by atoms with Crippen molar-refractivity contribution in [1.82, 2.24) is 15.1 Å². The lowest BCUT2D eigenvalue weighted by Crippen LogP contribution is -2.37. The van der Waals surface area contributed by atoms with E-state index in [0.717, 1.165) is 5.39 Å². The number of halogens is 1. The molecule has 0 spiro atoms. The second kappa shape index (κ2) is 7.86. The molecule has 4 aromatic rings. The quantitative estimate of drug-likeness (QED) is 0.477. The van der Waals surface area contributed by atoms with Crippen molar-refractivity contribution in [2.45, 2.75) is 18.8 Å². The minimum Gasteiger partial charge on any atom is -0.493 e. The lowest BCUT2D eigenvalue weighted by molar-refractivity contribution is 0.0676. The van der Waals surface area contributed by atoms with E-state index in [1.165, 1.54) is 12.1 Å². The lowest BCUT2D eigenvalue weighted by Gasteiger charge is -2.29. The number of furan rings is 1. The molecular weight excluding hydrogens is 401 g/mol. The van der Waals surface area contributed by atoms with Crippen molar-refractivity contribution in [2.75, 3.05) is 20.2 Å². The number of carbonyl (C=O) groups excluding carboxylic acids is 1. The number of rotatable bonds is 4. The van der Waals surface area contributed by atoms with Crippen LogP contribution in [0.15, 0.2) is 57.4 Å². The van der Waals surface area contributed by atoms with E-state index < -0.39 is 0 Å². The molecule has 0 radical (unpaired) electrons. The number of hydrogen-bond acceptors (Lipinski definition) is 6. The zero-order valence-corrected chi connectivity index (χ0v) is 16.9. The van der Waals surface area contributed by atoms with Gasteiger partial charge in [-0.25, -0.2) is 4.39 Å². The summed E-state index contributed by atoms with van der Waals surface area (Å²) in [7, 11) is 1.57. The molecule has 1 amide bonds. The molecule has 0 atom stereocenters. The van der Waals surface area contributed by atoms with Gasteiger partial charge in [0, 0.05) is 30.0 Å². The first-order valence-corrected chi connectivity index (χ1v) is 10.1. The van der Waals surface area contributed by atoms with Crippen molar-refractivity contribution in [2.24, 2.45) is 0 Å². The van der Waals surface area contributed by atoms with E-state index in [1.807, 2.05) is 12.1 Å². The van der Waals surface area contributed by atoms with Gasteiger partial charge in [-0.1, -0.05) is 12.1 Å². The molecular formula is C23H20FN3O4. The van der Waals surface area contributed by atoms with Crippen molar-refractivity contribution in [3.63, 3.8) is 0 Å². The molecule has 1 aliphatic rings. The summed E-state index contributed by atoms with van der Waals surface area (Å²) in [6.07, 6.45) is 1.42. The summed E-state index contributed by atoms with van der Waals surface area (Å²) in [4.78, 5) is 14.7.